The Morgan fingerprint density at radius 3 is 2.92 bits per heavy atom. The van der Waals surface area contributed by atoms with E-state index < -0.39 is 9.84 Å². The third-order valence-corrected chi connectivity index (χ3v) is 3.09. The van der Waals surface area contributed by atoms with Crippen molar-refractivity contribution in [1.82, 2.24) is 5.32 Å². The van der Waals surface area contributed by atoms with Gasteiger partial charge in [0.25, 0.3) is 0 Å². The third kappa shape index (κ3) is 2.97. The molecule has 1 N–H and O–H groups in total. The zero-order valence-electron chi connectivity index (χ0n) is 6.40. The van der Waals surface area contributed by atoms with Crippen LogP contribution >= 0.6 is 11.6 Å². The Hall–Kier alpha value is -0.320. The summed E-state index contributed by atoms with van der Waals surface area (Å²) in [4.78, 5) is 0. The second-order valence-electron chi connectivity index (χ2n) is 2.53. The van der Waals surface area contributed by atoms with Crippen LogP contribution in [-0.4, -0.2) is 26.8 Å². The first kappa shape index (κ1) is 9.77. The summed E-state index contributed by atoms with van der Waals surface area (Å²) in [6, 6.07) is -0.0668. The zero-order chi connectivity index (χ0) is 9.03. The normalized spacial score (nSPS) is 26.9. The van der Waals surface area contributed by atoms with Crippen molar-refractivity contribution in [2.75, 3.05) is 12.3 Å². The van der Waals surface area contributed by atoms with Crippen LogP contribution in [-0.2, 0) is 9.84 Å². The number of rotatable bonds is 3. The molecule has 12 heavy (non-hydrogen) atoms. The number of sulfone groups is 1. The van der Waals surface area contributed by atoms with Gasteiger partial charge in [0.15, 0.2) is 9.84 Å². The van der Waals surface area contributed by atoms with E-state index in [0.29, 0.717) is 6.54 Å². The number of hydrogen-bond donors (Lipinski definition) is 1. The van der Waals surface area contributed by atoms with Crippen LogP contribution in [0.15, 0.2) is 23.1 Å². The molecule has 0 saturated heterocycles. The van der Waals surface area contributed by atoms with E-state index in [0.717, 1.165) is 0 Å². The fourth-order valence-electron chi connectivity index (χ4n) is 0.967. The molecule has 0 aromatic rings. The molecule has 1 aliphatic heterocycles. The molecule has 0 saturated carbocycles. The van der Waals surface area contributed by atoms with Crippen molar-refractivity contribution in [2.24, 2.45) is 0 Å². The lowest BCUT2D eigenvalue weighted by Crippen LogP contribution is -2.29. The quantitative estimate of drug-likeness (QED) is 0.739. The molecular weight excluding hydrogens is 198 g/mol. The number of halogens is 1. The highest BCUT2D eigenvalue weighted by Crippen LogP contribution is 2.07. The summed E-state index contributed by atoms with van der Waals surface area (Å²) in [5, 5.41) is 4.25. The lowest BCUT2D eigenvalue weighted by atomic mass is 10.3. The summed E-state index contributed by atoms with van der Waals surface area (Å²) in [6.07, 6.45) is 3.37. The fourth-order valence-corrected chi connectivity index (χ4v) is 2.33. The minimum absolute atomic E-state index is 0.0668. The first-order chi connectivity index (χ1) is 5.64. The minimum atomic E-state index is -2.93. The molecular formula is C7H10ClNO2S. The molecule has 1 heterocycles. The van der Waals surface area contributed by atoms with E-state index in [1.54, 1.807) is 12.2 Å². The first-order valence-electron chi connectivity index (χ1n) is 3.53. The molecule has 68 valence electrons. The third-order valence-electron chi connectivity index (χ3n) is 1.52. The van der Waals surface area contributed by atoms with Crippen molar-refractivity contribution in [3.05, 3.63) is 23.1 Å². The molecule has 0 amide bonds. The predicted molar refractivity (Wildman–Crippen MR) is 49.7 cm³/mol. The predicted octanol–water partition coefficient (Wildman–Crippen LogP) is 0.639. The summed E-state index contributed by atoms with van der Waals surface area (Å²) in [6.45, 7) is 0.591. The average molecular weight is 208 g/mol. The molecule has 0 bridgehead atoms. The number of nitrogens with one attached hydrogen (secondary N) is 1. The highest BCUT2D eigenvalue weighted by atomic mass is 35.5. The molecule has 1 rings (SSSR count). The molecule has 1 aliphatic rings. The topological polar surface area (TPSA) is 46.2 Å². The van der Waals surface area contributed by atoms with Gasteiger partial charge in [-0.1, -0.05) is 23.8 Å². The van der Waals surface area contributed by atoms with Gasteiger partial charge < -0.3 is 5.32 Å². The van der Waals surface area contributed by atoms with Crippen molar-refractivity contribution in [3.63, 3.8) is 0 Å². The van der Waals surface area contributed by atoms with E-state index in [1.165, 1.54) is 10.9 Å². The van der Waals surface area contributed by atoms with Gasteiger partial charge in [-0.15, -0.1) is 0 Å². The van der Waals surface area contributed by atoms with Crippen LogP contribution in [0.25, 0.3) is 0 Å². The molecule has 1 atom stereocenters. The van der Waals surface area contributed by atoms with Gasteiger partial charge in [0, 0.05) is 23.5 Å². The van der Waals surface area contributed by atoms with Crippen molar-refractivity contribution in [3.8, 4) is 0 Å². The summed E-state index contributed by atoms with van der Waals surface area (Å²) in [5.74, 6) is 0.156. The molecule has 0 radical (unpaired) electrons. The van der Waals surface area contributed by atoms with Gasteiger partial charge in [-0.2, -0.15) is 0 Å². The van der Waals surface area contributed by atoms with Crippen molar-refractivity contribution in [1.29, 1.82) is 0 Å². The van der Waals surface area contributed by atoms with Crippen LogP contribution in [0.1, 0.15) is 0 Å². The second kappa shape index (κ2) is 4.07. The van der Waals surface area contributed by atoms with Crippen LogP contribution in [0.2, 0.25) is 0 Å². The van der Waals surface area contributed by atoms with Crippen LogP contribution in [0.5, 0.6) is 0 Å². The Labute approximate surface area is 77.0 Å². The van der Waals surface area contributed by atoms with E-state index in [9.17, 15) is 8.42 Å². The van der Waals surface area contributed by atoms with Crippen molar-refractivity contribution < 1.29 is 8.42 Å². The maximum absolute atomic E-state index is 10.9. The van der Waals surface area contributed by atoms with Crippen LogP contribution in [0.3, 0.4) is 0 Å². The van der Waals surface area contributed by atoms with E-state index in [1.807, 2.05) is 0 Å². The van der Waals surface area contributed by atoms with Gasteiger partial charge >= 0.3 is 0 Å². The largest absolute Gasteiger partial charge is 0.306 e. The molecule has 0 aromatic carbocycles. The molecule has 5 heteroatoms. The van der Waals surface area contributed by atoms with E-state index in [2.05, 4.69) is 5.32 Å². The van der Waals surface area contributed by atoms with E-state index >= 15 is 0 Å². The minimum Gasteiger partial charge on any atom is -0.306 e. The summed E-state index contributed by atoms with van der Waals surface area (Å²) < 4.78 is 21.8. The fraction of sp³-hybridized carbons (Fsp3) is 0.429. The zero-order valence-corrected chi connectivity index (χ0v) is 7.98. The van der Waals surface area contributed by atoms with Crippen molar-refractivity contribution >= 4 is 21.4 Å². The van der Waals surface area contributed by atoms with Gasteiger partial charge in [-0.25, -0.2) is 8.42 Å². The highest BCUT2D eigenvalue weighted by Gasteiger charge is 2.20. The second-order valence-corrected chi connectivity index (χ2v) is 4.72. The summed E-state index contributed by atoms with van der Waals surface area (Å²) >= 11 is 5.29. The standard InChI is InChI=1S/C7H10ClNO2S/c8-3-1-4-9-7-2-5-12(10,11)6-7/h1-3,5,7,9H,4,6H2/b3-1+. The lowest BCUT2D eigenvalue weighted by molar-refractivity contribution is 0.597. The summed E-state index contributed by atoms with van der Waals surface area (Å²) in [7, 11) is -2.93. The van der Waals surface area contributed by atoms with Gasteiger partial charge in [-0.3, -0.25) is 0 Å². The van der Waals surface area contributed by atoms with Gasteiger partial charge in [0.1, 0.15) is 0 Å². The van der Waals surface area contributed by atoms with E-state index in [4.69, 9.17) is 11.6 Å². The van der Waals surface area contributed by atoms with Crippen LogP contribution < -0.4 is 5.32 Å². The molecule has 1 unspecified atom stereocenters. The average Bonchev–Trinajstić information content (AvgIpc) is 2.31. The molecule has 0 spiro atoms. The molecule has 0 fully saturated rings. The monoisotopic (exact) mass is 207 g/mol. The SMILES string of the molecule is O=S1(=O)C=CC(NC/C=C/Cl)C1. The van der Waals surface area contributed by atoms with Crippen molar-refractivity contribution in [2.45, 2.75) is 6.04 Å². The maximum Gasteiger partial charge on any atom is 0.173 e. The van der Waals surface area contributed by atoms with Gasteiger partial charge in [0.2, 0.25) is 0 Å². The van der Waals surface area contributed by atoms with Crippen LogP contribution in [0.4, 0.5) is 0 Å². The Morgan fingerprint density at radius 2 is 2.42 bits per heavy atom. The van der Waals surface area contributed by atoms with Crippen LogP contribution in [0, 0.1) is 0 Å². The molecule has 0 aromatic heterocycles. The molecule has 3 nitrogen and oxygen atoms in total. The Kier molecular flexibility index (Phi) is 3.31. The van der Waals surface area contributed by atoms with E-state index in [-0.39, 0.29) is 11.8 Å². The Balaban J connectivity index is 2.35. The Bertz CT molecular complexity index is 295. The van der Waals surface area contributed by atoms with Gasteiger partial charge in [-0.05, 0) is 0 Å². The first-order valence-corrected chi connectivity index (χ1v) is 5.69. The lowest BCUT2D eigenvalue weighted by Gasteiger charge is -2.05. The number of hydrogen-bond acceptors (Lipinski definition) is 3. The molecule has 0 aliphatic carbocycles. The maximum atomic E-state index is 10.9. The smallest absolute Gasteiger partial charge is 0.173 e. The summed E-state index contributed by atoms with van der Waals surface area (Å²) in [5.41, 5.74) is 1.40. The Morgan fingerprint density at radius 1 is 1.67 bits per heavy atom. The highest BCUT2D eigenvalue weighted by molar-refractivity contribution is 7.94. The van der Waals surface area contributed by atoms with Gasteiger partial charge in [0.05, 0.1) is 5.75 Å².